The van der Waals surface area contributed by atoms with Crippen LogP contribution >= 0.6 is 0 Å². The molecule has 0 fully saturated rings. The number of halogens is 5. The summed E-state index contributed by atoms with van der Waals surface area (Å²) in [6.45, 7) is 0. The number of amides is 1. The zero-order valence-electron chi connectivity index (χ0n) is 15.4. The summed E-state index contributed by atoms with van der Waals surface area (Å²) in [5, 5.41) is 3.39. The second kappa shape index (κ2) is 8.91. The molecule has 10 nitrogen and oxygen atoms in total. The second-order valence-corrected chi connectivity index (χ2v) is 6.86. The minimum atomic E-state index is -6.13. The standard InChI is InChI=1S/C13H11F5N4O6S.Na/c1-21-10(27-2)19-22(11(21)24)9(23)20-29(25,26)8-6-4-3-5-7(8)28-13(17,18)12(14,15)16;/h3-6H,1-2H3,(H,20,23);. The first-order valence-corrected chi connectivity index (χ1v) is 8.69. The van der Waals surface area contributed by atoms with Crippen LogP contribution in [0.4, 0.5) is 26.7 Å². The molecule has 0 saturated heterocycles. The van der Waals surface area contributed by atoms with E-state index in [-0.39, 0.29) is 40.2 Å². The number of aromatic nitrogens is 3. The molecule has 1 aromatic heterocycles. The normalized spacial score (nSPS) is 12.1. The van der Waals surface area contributed by atoms with Crippen LogP contribution in [-0.4, -0.2) is 77.7 Å². The van der Waals surface area contributed by atoms with Crippen LogP contribution in [0.1, 0.15) is 0 Å². The van der Waals surface area contributed by atoms with E-state index in [1.807, 2.05) is 0 Å². The maximum Gasteiger partial charge on any atom is 0.499 e. The van der Waals surface area contributed by atoms with Crippen molar-refractivity contribution in [2.24, 2.45) is 7.05 Å². The molecule has 17 heteroatoms. The van der Waals surface area contributed by atoms with E-state index in [0.717, 1.165) is 30.9 Å². The van der Waals surface area contributed by atoms with Gasteiger partial charge in [-0.25, -0.2) is 27.3 Å². The summed E-state index contributed by atoms with van der Waals surface area (Å²) in [5.74, 6) is -1.39. The van der Waals surface area contributed by atoms with E-state index in [2.05, 4.69) is 14.6 Å². The van der Waals surface area contributed by atoms with Gasteiger partial charge in [-0.05, 0) is 12.1 Å². The topological polar surface area (TPSA) is 122 Å². The average molecular weight is 469 g/mol. The van der Waals surface area contributed by atoms with Crippen LogP contribution in [0.2, 0.25) is 0 Å². The number of hydrogen-bond donors (Lipinski definition) is 1. The van der Waals surface area contributed by atoms with Crippen molar-refractivity contribution >= 4 is 45.6 Å². The molecule has 1 aromatic carbocycles. The van der Waals surface area contributed by atoms with Gasteiger partial charge in [0.25, 0.3) is 10.0 Å². The van der Waals surface area contributed by atoms with Crippen LogP contribution in [0.25, 0.3) is 0 Å². The Morgan fingerprint density at radius 2 is 1.73 bits per heavy atom. The van der Waals surface area contributed by atoms with Gasteiger partial charge in [0.05, 0.1) is 7.11 Å². The molecule has 2 aromatic rings. The molecule has 0 aliphatic rings. The first kappa shape index (κ1) is 25.9. The third kappa shape index (κ3) is 5.11. The number of hydrogen-bond acceptors (Lipinski definition) is 7. The maximum absolute atomic E-state index is 13.1. The number of nitrogens with one attached hydrogen (secondary N) is 1. The molecular formula is C13H11F5N4NaO6S. The summed E-state index contributed by atoms with van der Waals surface area (Å²) in [5.41, 5.74) is -1.12. The first-order chi connectivity index (χ1) is 13.2. The van der Waals surface area contributed by atoms with Gasteiger partial charge in [-0.15, -0.1) is 9.78 Å². The quantitative estimate of drug-likeness (QED) is 0.505. The van der Waals surface area contributed by atoms with Crippen molar-refractivity contribution < 1.29 is 44.6 Å². The van der Waals surface area contributed by atoms with Crippen LogP contribution in [0, 0.1) is 0 Å². The Kier molecular flexibility index (Phi) is 7.68. The van der Waals surface area contributed by atoms with Gasteiger partial charge in [0, 0.05) is 36.6 Å². The fraction of sp³-hybridized carbons (Fsp3) is 0.308. The minimum Gasteiger partial charge on any atom is -0.467 e. The van der Waals surface area contributed by atoms with Crippen LogP contribution in [-0.2, 0) is 17.1 Å². The number of rotatable bonds is 5. The third-order valence-electron chi connectivity index (χ3n) is 3.24. The Bertz CT molecular complexity index is 1100. The molecule has 1 heterocycles. The summed E-state index contributed by atoms with van der Waals surface area (Å²) < 4.78 is 98.3. The Morgan fingerprint density at radius 1 is 1.17 bits per heavy atom. The predicted octanol–water partition coefficient (Wildman–Crippen LogP) is 0.690. The zero-order valence-corrected chi connectivity index (χ0v) is 18.2. The van der Waals surface area contributed by atoms with Crippen LogP contribution < -0.4 is 19.9 Å². The Balaban J connectivity index is 0.00000450. The first-order valence-electron chi connectivity index (χ1n) is 7.21. The molecule has 2 rings (SSSR count). The van der Waals surface area contributed by atoms with Gasteiger partial charge in [-0.3, -0.25) is 0 Å². The molecule has 0 unspecified atom stereocenters. The molecule has 1 radical (unpaired) electrons. The maximum atomic E-state index is 13.1. The largest absolute Gasteiger partial charge is 0.499 e. The molecule has 30 heavy (non-hydrogen) atoms. The van der Waals surface area contributed by atoms with Crippen molar-refractivity contribution in [3.63, 3.8) is 0 Å². The number of nitrogens with zero attached hydrogens (tertiary/aromatic N) is 3. The molecule has 1 amide bonds. The smallest absolute Gasteiger partial charge is 0.467 e. The number of carbonyl (C=O) groups is 1. The molecule has 0 bridgehead atoms. The predicted molar refractivity (Wildman–Crippen MR) is 89.0 cm³/mol. The molecule has 0 atom stereocenters. The van der Waals surface area contributed by atoms with Gasteiger partial charge in [0.15, 0.2) is 0 Å². The molecule has 0 aliphatic carbocycles. The van der Waals surface area contributed by atoms with Crippen molar-refractivity contribution in [1.29, 1.82) is 0 Å². The zero-order chi connectivity index (χ0) is 22.2. The van der Waals surface area contributed by atoms with Crippen LogP contribution in [0.3, 0.4) is 0 Å². The molecule has 0 aliphatic heterocycles. The van der Waals surface area contributed by atoms with E-state index in [9.17, 15) is 40.0 Å². The van der Waals surface area contributed by atoms with Crippen molar-refractivity contribution in [1.82, 2.24) is 19.1 Å². The summed E-state index contributed by atoms with van der Waals surface area (Å²) in [4.78, 5) is 22.7. The van der Waals surface area contributed by atoms with E-state index in [1.54, 1.807) is 0 Å². The van der Waals surface area contributed by atoms with Gasteiger partial charge in [0.1, 0.15) is 10.6 Å². The van der Waals surface area contributed by atoms with Gasteiger partial charge in [-0.2, -0.15) is 22.0 Å². The minimum absolute atomic E-state index is 0. The average Bonchev–Trinajstić information content (AvgIpc) is 2.88. The van der Waals surface area contributed by atoms with Crippen LogP contribution in [0.15, 0.2) is 34.0 Å². The van der Waals surface area contributed by atoms with Crippen molar-refractivity contribution in [3.05, 3.63) is 34.7 Å². The summed E-state index contributed by atoms with van der Waals surface area (Å²) in [6, 6.07) is 1.03. The third-order valence-corrected chi connectivity index (χ3v) is 4.60. The number of carbonyl (C=O) groups excluding carboxylic acids is 1. The Morgan fingerprint density at radius 3 is 2.23 bits per heavy atom. The fourth-order valence-electron chi connectivity index (χ4n) is 1.89. The van der Waals surface area contributed by atoms with E-state index < -0.39 is 44.7 Å². The molecule has 0 spiro atoms. The van der Waals surface area contributed by atoms with Crippen molar-refractivity contribution in [3.8, 4) is 11.8 Å². The number of benzene rings is 1. The second-order valence-electron chi connectivity index (χ2n) is 5.21. The van der Waals surface area contributed by atoms with Crippen molar-refractivity contribution in [2.45, 2.75) is 17.2 Å². The Hall–Kier alpha value is -2.17. The van der Waals surface area contributed by atoms with Gasteiger partial charge in [0.2, 0.25) is 0 Å². The monoisotopic (exact) mass is 469 g/mol. The van der Waals surface area contributed by atoms with Gasteiger partial charge in [-0.1, -0.05) is 12.1 Å². The molecule has 161 valence electrons. The summed E-state index contributed by atoms with van der Waals surface area (Å²) >= 11 is 0. The summed E-state index contributed by atoms with van der Waals surface area (Å²) in [6.07, 6.45) is -11.8. The van der Waals surface area contributed by atoms with Gasteiger partial charge >= 0.3 is 30.0 Å². The molecule has 0 saturated carbocycles. The van der Waals surface area contributed by atoms with E-state index in [0.29, 0.717) is 12.1 Å². The number of sulfonamides is 1. The Labute approximate surface area is 186 Å². The van der Waals surface area contributed by atoms with Crippen LogP contribution in [0.5, 0.6) is 11.8 Å². The number of ether oxygens (including phenoxy) is 2. The van der Waals surface area contributed by atoms with E-state index >= 15 is 0 Å². The SMILES string of the molecule is COc1nn(C(=O)NS(=O)(=O)c2ccccc2OC(F)(F)C(F)(F)F)c(=O)n1C.[Na]. The van der Waals surface area contributed by atoms with Gasteiger partial charge < -0.3 is 9.47 Å². The molecular weight excluding hydrogens is 458 g/mol. The molecule has 1 N–H and O–H groups in total. The van der Waals surface area contributed by atoms with Crippen molar-refractivity contribution in [2.75, 3.05) is 7.11 Å². The number of para-hydroxylation sites is 1. The van der Waals surface area contributed by atoms with E-state index in [1.165, 1.54) is 4.72 Å². The fourth-order valence-corrected chi connectivity index (χ4v) is 2.95. The summed E-state index contributed by atoms with van der Waals surface area (Å²) in [7, 11) is -2.80. The number of methoxy groups -OCH3 is 1. The van der Waals surface area contributed by atoms with E-state index in [4.69, 9.17) is 0 Å². The number of alkyl halides is 5.